The number of nitrogens with zero attached hydrogens (tertiary/aromatic N) is 2. The third kappa shape index (κ3) is 3.99. The zero-order valence-corrected chi connectivity index (χ0v) is 14.9. The van der Waals surface area contributed by atoms with Crippen LogP contribution >= 0.6 is 0 Å². The molecule has 0 amide bonds. The fourth-order valence-corrected chi connectivity index (χ4v) is 2.61. The summed E-state index contributed by atoms with van der Waals surface area (Å²) in [4.78, 5) is 8.79. The lowest BCUT2D eigenvalue weighted by atomic mass is 10.1. The maximum atomic E-state index is 5.92. The van der Waals surface area contributed by atoms with Crippen LogP contribution in [0.4, 0.5) is 11.5 Å². The van der Waals surface area contributed by atoms with Crippen LogP contribution in [0.5, 0.6) is 11.5 Å². The summed E-state index contributed by atoms with van der Waals surface area (Å²) >= 11 is 0. The number of fused-ring (bicyclic) bond motifs is 1. The van der Waals surface area contributed by atoms with Crippen LogP contribution in [-0.4, -0.2) is 23.7 Å². The summed E-state index contributed by atoms with van der Waals surface area (Å²) in [6.45, 7) is 4.91. The van der Waals surface area contributed by atoms with Crippen LogP contribution in [0.25, 0.3) is 10.9 Å². The molecule has 1 heterocycles. The monoisotopic (exact) mass is 337 g/mol. The van der Waals surface area contributed by atoms with E-state index in [1.807, 2.05) is 43.3 Å². The third-order valence-electron chi connectivity index (χ3n) is 4.02. The van der Waals surface area contributed by atoms with E-state index in [0.717, 1.165) is 58.9 Å². The van der Waals surface area contributed by atoms with Gasteiger partial charge in [-0.05, 0) is 43.2 Å². The van der Waals surface area contributed by atoms with Crippen molar-refractivity contribution in [1.82, 2.24) is 9.97 Å². The molecule has 0 aliphatic carbocycles. The molecule has 3 rings (SSSR count). The van der Waals surface area contributed by atoms with Crippen LogP contribution in [0.3, 0.4) is 0 Å². The van der Waals surface area contributed by atoms with Gasteiger partial charge in [0, 0.05) is 17.1 Å². The van der Waals surface area contributed by atoms with E-state index >= 15 is 0 Å². The summed E-state index contributed by atoms with van der Waals surface area (Å²) in [7, 11) is 1.65. The molecular weight excluding hydrogens is 314 g/mol. The second-order valence-corrected chi connectivity index (χ2v) is 5.92. The molecule has 2 aromatic carbocycles. The first-order chi connectivity index (χ1) is 12.2. The van der Waals surface area contributed by atoms with E-state index < -0.39 is 0 Å². The number of anilines is 2. The summed E-state index contributed by atoms with van der Waals surface area (Å²) in [5.41, 5.74) is 2.88. The number of hydrogen-bond donors (Lipinski definition) is 1. The highest BCUT2D eigenvalue weighted by Crippen LogP contribution is 2.30. The first-order valence-corrected chi connectivity index (χ1v) is 8.50. The van der Waals surface area contributed by atoms with Crippen LogP contribution in [0, 0.1) is 6.92 Å². The molecule has 5 heteroatoms. The molecule has 0 unspecified atom stereocenters. The van der Waals surface area contributed by atoms with Crippen LogP contribution < -0.4 is 14.8 Å². The molecule has 0 saturated carbocycles. The quantitative estimate of drug-likeness (QED) is 0.623. The van der Waals surface area contributed by atoms with Crippen molar-refractivity contribution in [3.05, 3.63) is 48.3 Å². The number of rotatable bonds is 7. The summed E-state index contributed by atoms with van der Waals surface area (Å²) in [5.74, 6) is 2.42. The average Bonchev–Trinajstić information content (AvgIpc) is 2.63. The van der Waals surface area contributed by atoms with Gasteiger partial charge in [-0.25, -0.2) is 9.97 Å². The number of aryl methyl sites for hydroxylation is 1. The van der Waals surface area contributed by atoms with E-state index in [2.05, 4.69) is 22.2 Å². The molecule has 0 saturated heterocycles. The topological polar surface area (TPSA) is 56.3 Å². The van der Waals surface area contributed by atoms with Crippen LogP contribution in [0.1, 0.15) is 25.3 Å². The van der Waals surface area contributed by atoms with Gasteiger partial charge >= 0.3 is 0 Å². The Morgan fingerprint density at radius 3 is 2.80 bits per heavy atom. The third-order valence-corrected chi connectivity index (χ3v) is 4.02. The number of methoxy groups -OCH3 is 1. The second-order valence-electron chi connectivity index (χ2n) is 5.92. The molecule has 0 aliphatic heterocycles. The van der Waals surface area contributed by atoms with Gasteiger partial charge in [-0.1, -0.05) is 19.4 Å². The average molecular weight is 337 g/mol. The Labute approximate surface area is 148 Å². The predicted molar refractivity (Wildman–Crippen MR) is 101 cm³/mol. The fraction of sp³-hybridized carbons (Fsp3) is 0.300. The Morgan fingerprint density at radius 1 is 1.12 bits per heavy atom. The molecule has 0 spiro atoms. The summed E-state index contributed by atoms with van der Waals surface area (Å²) in [5, 5.41) is 4.28. The van der Waals surface area contributed by atoms with Gasteiger partial charge in [0.15, 0.2) is 0 Å². The standard InChI is InChI=1S/C20H23N3O2/c1-4-5-9-25-19-12-17-18(10-14(19)2)21-13-22-20(17)23-15-7-6-8-16(11-15)24-3/h6-8,10-13H,4-5,9H2,1-3H3,(H,21,22,23). The van der Waals surface area contributed by atoms with Gasteiger partial charge in [-0.15, -0.1) is 0 Å². The minimum Gasteiger partial charge on any atom is -0.497 e. The number of unbranched alkanes of at least 4 members (excludes halogenated alkanes) is 1. The van der Waals surface area contributed by atoms with Gasteiger partial charge < -0.3 is 14.8 Å². The van der Waals surface area contributed by atoms with E-state index in [-0.39, 0.29) is 0 Å². The lowest BCUT2D eigenvalue weighted by Gasteiger charge is -2.13. The molecule has 0 radical (unpaired) electrons. The van der Waals surface area contributed by atoms with E-state index in [0.29, 0.717) is 0 Å². The van der Waals surface area contributed by atoms with Gasteiger partial charge in [0.05, 0.1) is 19.2 Å². The van der Waals surface area contributed by atoms with Crippen molar-refractivity contribution in [2.75, 3.05) is 19.0 Å². The van der Waals surface area contributed by atoms with Crippen LogP contribution in [0.15, 0.2) is 42.7 Å². The molecule has 0 fully saturated rings. The van der Waals surface area contributed by atoms with Crippen molar-refractivity contribution in [1.29, 1.82) is 0 Å². The minimum atomic E-state index is 0.717. The van der Waals surface area contributed by atoms with Crippen molar-refractivity contribution in [2.24, 2.45) is 0 Å². The summed E-state index contributed by atoms with van der Waals surface area (Å²) in [6, 6.07) is 11.8. The smallest absolute Gasteiger partial charge is 0.141 e. The summed E-state index contributed by atoms with van der Waals surface area (Å²) < 4.78 is 11.2. The van der Waals surface area contributed by atoms with Gasteiger partial charge in [0.25, 0.3) is 0 Å². The minimum absolute atomic E-state index is 0.717. The van der Waals surface area contributed by atoms with E-state index in [9.17, 15) is 0 Å². The van der Waals surface area contributed by atoms with Crippen molar-refractivity contribution in [3.8, 4) is 11.5 Å². The number of ether oxygens (including phenoxy) is 2. The number of nitrogens with one attached hydrogen (secondary N) is 1. The Kier molecular flexibility index (Phi) is 5.33. The lowest BCUT2D eigenvalue weighted by Crippen LogP contribution is -2.00. The molecule has 130 valence electrons. The Bertz CT molecular complexity index is 865. The SMILES string of the molecule is CCCCOc1cc2c(Nc3cccc(OC)c3)ncnc2cc1C. The molecular formula is C20H23N3O2. The van der Waals surface area contributed by atoms with Crippen LogP contribution in [0.2, 0.25) is 0 Å². The number of hydrogen-bond acceptors (Lipinski definition) is 5. The molecule has 3 aromatic rings. The van der Waals surface area contributed by atoms with Crippen molar-refractivity contribution in [2.45, 2.75) is 26.7 Å². The van der Waals surface area contributed by atoms with Crippen LogP contribution in [-0.2, 0) is 0 Å². The second kappa shape index (κ2) is 7.83. The molecule has 1 aromatic heterocycles. The Hall–Kier alpha value is -2.82. The van der Waals surface area contributed by atoms with Crippen molar-refractivity contribution >= 4 is 22.4 Å². The first-order valence-electron chi connectivity index (χ1n) is 8.50. The molecule has 0 atom stereocenters. The summed E-state index contributed by atoms with van der Waals surface area (Å²) in [6.07, 6.45) is 3.72. The van der Waals surface area contributed by atoms with Crippen molar-refractivity contribution < 1.29 is 9.47 Å². The Morgan fingerprint density at radius 2 is 2.00 bits per heavy atom. The fourth-order valence-electron chi connectivity index (χ4n) is 2.61. The van der Waals surface area contributed by atoms with Gasteiger partial charge in [-0.3, -0.25) is 0 Å². The van der Waals surface area contributed by atoms with Crippen molar-refractivity contribution in [3.63, 3.8) is 0 Å². The highest BCUT2D eigenvalue weighted by molar-refractivity contribution is 5.92. The highest BCUT2D eigenvalue weighted by atomic mass is 16.5. The molecule has 5 nitrogen and oxygen atoms in total. The van der Waals surface area contributed by atoms with Gasteiger partial charge in [0.2, 0.25) is 0 Å². The molecule has 25 heavy (non-hydrogen) atoms. The largest absolute Gasteiger partial charge is 0.497 e. The number of benzene rings is 2. The normalized spacial score (nSPS) is 10.7. The van der Waals surface area contributed by atoms with E-state index in [4.69, 9.17) is 9.47 Å². The van der Waals surface area contributed by atoms with Gasteiger partial charge in [-0.2, -0.15) is 0 Å². The molecule has 0 aliphatic rings. The maximum absolute atomic E-state index is 5.92. The molecule has 0 bridgehead atoms. The zero-order valence-electron chi connectivity index (χ0n) is 14.9. The van der Waals surface area contributed by atoms with E-state index in [1.54, 1.807) is 13.4 Å². The first kappa shape index (κ1) is 17.0. The highest BCUT2D eigenvalue weighted by Gasteiger charge is 2.09. The van der Waals surface area contributed by atoms with E-state index in [1.165, 1.54) is 0 Å². The zero-order chi connectivity index (χ0) is 17.6. The maximum Gasteiger partial charge on any atom is 0.141 e. The van der Waals surface area contributed by atoms with Gasteiger partial charge in [0.1, 0.15) is 23.6 Å². The predicted octanol–water partition coefficient (Wildman–Crippen LogP) is 4.87. The Balaban J connectivity index is 1.95. The number of aromatic nitrogens is 2. The lowest BCUT2D eigenvalue weighted by molar-refractivity contribution is 0.308. The molecule has 1 N–H and O–H groups in total.